The third kappa shape index (κ3) is 3.68. The van der Waals surface area contributed by atoms with E-state index in [4.69, 9.17) is 0 Å². The van der Waals surface area contributed by atoms with Crippen molar-refractivity contribution in [1.82, 2.24) is 9.80 Å². The van der Waals surface area contributed by atoms with Crippen LogP contribution in [-0.4, -0.2) is 54.5 Å². The third-order valence-electron chi connectivity index (χ3n) is 7.15. The molecule has 162 valence electrons. The number of hydrogen-bond donors (Lipinski definition) is 0. The highest BCUT2D eigenvalue weighted by molar-refractivity contribution is 5.95. The number of para-hydroxylation sites is 1. The second kappa shape index (κ2) is 7.98. The van der Waals surface area contributed by atoms with Gasteiger partial charge in [0.2, 0.25) is 5.91 Å². The van der Waals surface area contributed by atoms with Crippen LogP contribution in [0.25, 0.3) is 0 Å². The molecule has 0 saturated carbocycles. The van der Waals surface area contributed by atoms with Crippen molar-refractivity contribution in [2.75, 3.05) is 37.6 Å². The van der Waals surface area contributed by atoms with Crippen LogP contribution in [-0.2, 0) is 16.6 Å². The van der Waals surface area contributed by atoms with Gasteiger partial charge in [-0.1, -0.05) is 30.3 Å². The zero-order chi connectivity index (χ0) is 21.4. The van der Waals surface area contributed by atoms with Gasteiger partial charge in [0.05, 0.1) is 6.42 Å². The fourth-order valence-electron chi connectivity index (χ4n) is 5.43. The first kappa shape index (κ1) is 20.0. The van der Waals surface area contributed by atoms with Gasteiger partial charge in [-0.25, -0.2) is 9.18 Å². The molecule has 0 radical (unpaired) electrons. The number of fused-ring (bicyclic) bond motifs is 2. The number of likely N-dealkylation sites (tertiary alicyclic amines) is 2. The van der Waals surface area contributed by atoms with E-state index in [0.29, 0.717) is 25.2 Å². The molecule has 1 spiro atoms. The smallest absolute Gasteiger partial charge is 0.324 e. The van der Waals surface area contributed by atoms with Gasteiger partial charge >= 0.3 is 6.03 Å². The maximum absolute atomic E-state index is 13.5. The van der Waals surface area contributed by atoms with Crippen LogP contribution in [0.2, 0.25) is 0 Å². The van der Waals surface area contributed by atoms with Crippen molar-refractivity contribution in [3.05, 3.63) is 65.5 Å². The van der Waals surface area contributed by atoms with Crippen molar-refractivity contribution in [2.24, 2.45) is 0 Å². The molecule has 6 heteroatoms. The fourth-order valence-corrected chi connectivity index (χ4v) is 5.43. The number of carbonyl (C=O) groups excluding carboxylic acids is 2. The molecule has 0 bridgehead atoms. The minimum Gasteiger partial charge on any atom is -0.342 e. The van der Waals surface area contributed by atoms with Gasteiger partial charge in [0.15, 0.2) is 0 Å². The van der Waals surface area contributed by atoms with Gasteiger partial charge in [0.1, 0.15) is 5.82 Å². The molecular formula is C25H28FN3O2. The standard InChI is InChI=1S/C25H28FN3O2/c26-20-7-5-6-19(16-20)17-23(30)27-14-10-25(11-15-27)18-29(22-9-2-1-8-21(22)25)24(31)28-12-3-4-13-28/h1-2,5-9,16H,3-4,10-15,17-18H2. The maximum Gasteiger partial charge on any atom is 0.324 e. The Bertz CT molecular complexity index is 994. The number of urea groups is 1. The van der Waals surface area contributed by atoms with Crippen LogP contribution in [0.5, 0.6) is 0 Å². The quantitative estimate of drug-likeness (QED) is 0.737. The van der Waals surface area contributed by atoms with Crippen LogP contribution < -0.4 is 4.90 Å². The minimum atomic E-state index is -0.312. The summed E-state index contributed by atoms with van der Waals surface area (Å²) in [6.45, 7) is 3.69. The number of nitrogens with zero attached hydrogens (tertiary/aromatic N) is 3. The summed E-state index contributed by atoms with van der Waals surface area (Å²) in [5.41, 5.74) is 2.87. The highest BCUT2D eigenvalue weighted by atomic mass is 19.1. The first-order valence-electron chi connectivity index (χ1n) is 11.2. The van der Waals surface area contributed by atoms with E-state index in [2.05, 4.69) is 12.1 Å². The van der Waals surface area contributed by atoms with Crippen molar-refractivity contribution < 1.29 is 14.0 Å². The first-order valence-corrected chi connectivity index (χ1v) is 11.2. The van der Waals surface area contributed by atoms with Gasteiger partial charge in [-0.15, -0.1) is 0 Å². The Kier molecular flexibility index (Phi) is 5.16. The molecule has 2 saturated heterocycles. The Morgan fingerprint density at radius 2 is 1.65 bits per heavy atom. The lowest BCUT2D eigenvalue weighted by molar-refractivity contribution is -0.132. The van der Waals surface area contributed by atoms with Crippen LogP contribution >= 0.6 is 0 Å². The minimum absolute atomic E-state index is 0.0386. The van der Waals surface area contributed by atoms with E-state index in [-0.39, 0.29) is 29.6 Å². The van der Waals surface area contributed by atoms with E-state index >= 15 is 0 Å². The molecule has 0 aromatic heterocycles. The molecule has 3 amide bonds. The van der Waals surface area contributed by atoms with Crippen molar-refractivity contribution in [1.29, 1.82) is 0 Å². The molecule has 0 N–H and O–H groups in total. The average Bonchev–Trinajstić information content (AvgIpc) is 3.42. The van der Waals surface area contributed by atoms with Gasteiger partial charge < -0.3 is 9.80 Å². The summed E-state index contributed by atoms with van der Waals surface area (Å²) < 4.78 is 13.5. The summed E-state index contributed by atoms with van der Waals surface area (Å²) in [7, 11) is 0. The molecule has 0 atom stereocenters. The molecule has 0 unspecified atom stereocenters. The lowest BCUT2D eigenvalue weighted by Crippen LogP contribution is -2.49. The van der Waals surface area contributed by atoms with Crippen molar-refractivity contribution in [2.45, 2.75) is 37.5 Å². The lowest BCUT2D eigenvalue weighted by atomic mass is 9.74. The Morgan fingerprint density at radius 3 is 2.39 bits per heavy atom. The monoisotopic (exact) mass is 421 g/mol. The molecule has 2 aromatic rings. The number of anilines is 1. The number of rotatable bonds is 2. The van der Waals surface area contributed by atoms with Crippen molar-refractivity contribution in [3.63, 3.8) is 0 Å². The van der Waals surface area contributed by atoms with Crippen molar-refractivity contribution >= 4 is 17.6 Å². The number of amides is 3. The number of benzene rings is 2. The zero-order valence-corrected chi connectivity index (χ0v) is 17.7. The number of halogens is 1. The van der Waals surface area contributed by atoms with Gasteiger partial charge in [-0.2, -0.15) is 0 Å². The SMILES string of the molecule is O=C(Cc1cccc(F)c1)N1CCC2(CC1)CN(C(=O)N1CCCC1)c1ccccc12. The summed E-state index contributed by atoms with van der Waals surface area (Å²) in [5.74, 6) is -0.273. The molecule has 2 aromatic carbocycles. The third-order valence-corrected chi connectivity index (χ3v) is 7.15. The molecule has 0 aliphatic carbocycles. The second-order valence-electron chi connectivity index (χ2n) is 9.05. The van der Waals surface area contributed by atoms with E-state index in [0.717, 1.165) is 44.5 Å². The number of carbonyl (C=O) groups is 2. The average molecular weight is 422 g/mol. The Morgan fingerprint density at radius 1 is 0.903 bits per heavy atom. The van der Waals surface area contributed by atoms with E-state index < -0.39 is 0 Å². The van der Waals surface area contributed by atoms with E-state index in [1.165, 1.54) is 17.7 Å². The van der Waals surface area contributed by atoms with Crippen LogP contribution in [0.15, 0.2) is 48.5 Å². The maximum atomic E-state index is 13.5. The van der Waals surface area contributed by atoms with E-state index in [1.807, 2.05) is 26.8 Å². The second-order valence-corrected chi connectivity index (χ2v) is 9.05. The predicted octanol–water partition coefficient (Wildman–Crippen LogP) is 3.96. The predicted molar refractivity (Wildman–Crippen MR) is 118 cm³/mol. The highest BCUT2D eigenvalue weighted by Crippen LogP contribution is 2.47. The van der Waals surface area contributed by atoms with E-state index in [9.17, 15) is 14.0 Å². The Hall–Kier alpha value is -2.89. The molecule has 5 nitrogen and oxygen atoms in total. The number of hydrogen-bond acceptors (Lipinski definition) is 2. The fraction of sp³-hybridized carbons (Fsp3) is 0.440. The topological polar surface area (TPSA) is 43.9 Å². The molecule has 3 heterocycles. The van der Waals surface area contributed by atoms with Gasteiger partial charge in [0, 0.05) is 43.8 Å². The summed E-state index contributed by atoms with van der Waals surface area (Å²) in [4.78, 5) is 31.8. The molecule has 31 heavy (non-hydrogen) atoms. The zero-order valence-electron chi connectivity index (χ0n) is 17.7. The lowest BCUT2D eigenvalue weighted by Gasteiger charge is -2.40. The van der Waals surface area contributed by atoms with Gasteiger partial charge in [0.25, 0.3) is 0 Å². The summed E-state index contributed by atoms with van der Waals surface area (Å²) in [6.07, 6.45) is 4.05. The molecule has 3 aliphatic rings. The first-order chi connectivity index (χ1) is 15.1. The van der Waals surface area contributed by atoms with Gasteiger partial charge in [-0.3, -0.25) is 9.69 Å². The van der Waals surface area contributed by atoms with Gasteiger partial charge in [-0.05, 0) is 55.0 Å². The van der Waals surface area contributed by atoms with Crippen LogP contribution in [0.4, 0.5) is 14.9 Å². The van der Waals surface area contributed by atoms with Crippen LogP contribution in [0.1, 0.15) is 36.8 Å². The van der Waals surface area contributed by atoms with E-state index in [1.54, 1.807) is 12.1 Å². The molecule has 5 rings (SSSR count). The summed E-state index contributed by atoms with van der Waals surface area (Å²) in [6, 6.07) is 14.6. The summed E-state index contributed by atoms with van der Waals surface area (Å²) in [5, 5.41) is 0. The summed E-state index contributed by atoms with van der Waals surface area (Å²) >= 11 is 0. The largest absolute Gasteiger partial charge is 0.342 e. The Labute approximate surface area is 182 Å². The van der Waals surface area contributed by atoms with Crippen LogP contribution in [0.3, 0.4) is 0 Å². The van der Waals surface area contributed by atoms with Crippen molar-refractivity contribution in [3.8, 4) is 0 Å². The molecule has 3 aliphatic heterocycles. The Balaban J connectivity index is 1.30. The molecule has 2 fully saturated rings. The number of piperidine rings is 1. The molecular weight excluding hydrogens is 393 g/mol. The van der Waals surface area contributed by atoms with Crippen LogP contribution in [0, 0.1) is 5.82 Å². The highest BCUT2D eigenvalue weighted by Gasteiger charge is 2.47. The normalized spacial score (nSPS) is 19.7.